The summed E-state index contributed by atoms with van der Waals surface area (Å²) in [7, 11) is 0. The molecule has 3 aliphatic carbocycles. The largest absolute Gasteiger partial charge is 0.444 e. The zero-order chi connectivity index (χ0) is 14.6. The molecule has 1 saturated heterocycles. The monoisotopic (exact) mass is 280 g/mol. The summed E-state index contributed by atoms with van der Waals surface area (Å²) in [5.74, 6) is 0.776. The van der Waals surface area contributed by atoms with Crippen LogP contribution in [-0.2, 0) is 4.74 Å². The number of hydrogen-bond acceptors (Lipinski definition) is 3. The van der Waals surface area contributed by atoms with E-state index < -0.39 is 5.60 Å². The molecule has 0 aromatic heterocycles. The van der Waals surface area contributed by atoms with E-state index in [0.29, 0.717) is 5.41 Å². The first-order valence-corrected chi connectivity index (χ1v) is 7.96. The van der Waals surface area contributed by atoms with Gasteiger partial charge in [0.15, 0.2) is 0 Å². The summed E-state index contributed by atoms with van der Waals surface area (Å²) in [6.45, 7) is 7.46. The Morgan fingerprint density at radius 1 is 1.25 bits per heavy atom. The molecule has 4 fully saturated rings. The summed E-state index contributed by atoms with van der Waals surface area (Å²) in [6, 6.07) is 0. The summed E-state index contributed by atoms with van der Waals surface area (Å²) >= 11 is 0. The maximum atomic E-state index is 12.0. The number of carbonyl (C=O) groups is 1. The Kier molecular flexibility index (Phi) is 3.09. The number of hydrogen-bond donors (Lipinski definition) is 1. The quantitative estimate of drug-likeness (QED) is 0.846. The van der Waals surface area contributed by atoms with Crippen LogP contribution < -0.4 is 5.73 Å². The normalized spacial score (nSPS) is 37.1. The van der Waals surface area contributed by atoms with Gasteiger partial charge in [0.05, 0.1) is 0 Å². The minimum atomic E-state index is -0.394. The number of ether oxygens (including phenoxy) is 1. The van der Waals surface area contributed by atoms with Crippen molar-refractivity contribution >= 4 is 6.09 Å². The van der Waals surface area contributed by atoms with Crippen molar-refractivity contribution in [2.75, 3.05) is 13.1 Å². The molecule has 0 atom stereocenters. The highest BCUT2D eigenvalue weighted by Gasteiger charge is 2.65. The zero-order valence-corrected chi connectivity index (χ0v) is 13.1. The van der Waals surface area contributed by atoms with E-state index in [1.807, 2.05) is 25.7 Å². The van der Waals surface area contributed by atoms with E-state index in [-0.39, 0.29) is 11.6 Å². The van der Waals surface area contributed by atoms with E-state index in [4.69, 9.17) is 10.5 Å². The second kappa shape index (κ2) is 4.36. The minimum absolute atomic E-state index is 0.151. The Morgan fingerprint density at radius 2 is 1.80 bits per heavy atom. The van der Waals surface area contributed by atoms with Crippen LogP contribution in [0.5, 0.6) is 0 Å². The number of piperidine rings is 1. The molecule has 0 aromatic rings. The van der Waals surface area contributed by atoms with Crippen molar-refractivity contribution in [1.82, 2.24) is 4.90 Å². The maximum Gasteiger partial charge on any atom is 0.410 e. The molecular weight excluding hydrogens is 252 g/mol. The number of nitrogens with zero attached hydrogens (tertiary/aromatic N) is 1. The van der Waals surface area contributed by atoms with Crippen LogP contribution in [0.15, 0.2) is 0 Å². The van der Waals surface area contributed by atoms with Crippen molar-refractivity contribution in [2.24, 2.45) is 17.1 Å². The maximum absolute atomic E-state index is 12.0. The molecule has 0 aromatic carbocycles. The van der Waals surface area contributed by atoms with Crippen LogP contribution in [0.2, 0.25) is 0 Å². The van der Waals surface area contributed by atoms with Crippen LogP contribution in [0.1, 0.15) is 59.3 Å². The third kappa shape index (κ3) is 2.67. The van der Waals surface area contributed by atoms with E-state index >= 15 is 0 Å². The van der Waals surface area contributed by atoms with Gasteiger partial charge in [0.2, 0.25) is 0 Å². The third-order valence-electron chi connectivity index (χ3n) is 5.17. The molecule has 2 N–H and O–H groups in total. The fraction of sp³-hybridized carbons (Fsp3) is 0.938. The van der Waals surface area contributed by atoms with Crippen LogP contribution >= 0.6 is 0 Å². The fourth-order valence-electron chi connectivity index (χ4n) is 4.56. The van der Waals surface area contributed by atoms with Gasteiger partial charge in [-0.3, -0.25) is 0 Å². The van der Waals surface area contributed by atoms with Gasteiger partial charge in [-0.05, 0) is 70.6 Å². The lowest BCUT2D eigenvalue weighted by Crippen LogP contribution is -2.72. The van der Waals surface area contributed by atoms with Gasteiger partial charge in [-0.2, -0.15) is 0 Å². The summed E-state index contributed by atoms with van der Waals surface area (Å²) in [5, 5.41) is 0. The average molecular weight is 280 g/mol. The van der Waals surface area contributed by atoms with E-state index in [1.165, 1.54) is 25.7 Å². The van der Waals surface area contributed by atoms with Crippen molar-refractivity contribution in [3.63, 3.8) is 0 Å². The van der Waals surface area contributed by atoms with E-state index in [1.54, 1.807) is 0 Å². The number of likely N-dealkylation sites (tertiary alicyclic amines) is 1. The van der Waals surface area contributed by atoms with Gasteiger partial charge in [0, 0.05) is 18.6 Å². The van der Waals surface area contributed by atoms with Crippen LogP contribution in [0.25, 0.3) is 0 Å². The molecule has 20 heavy (non-hydrogen) atoms. The van der Waals surface area contributed by atoms with Crippen molar-refractivity contribution < 1.29 is 9.53 Å². The molecule has 2 bridgehead atoms. The van der Waals surface area contributed by atoms with Gasteiger partial charge < -0.3 is 15.4 Å². The number of rotatable bonds is 2. The third-order valence-corrected chi connectivity index (χ3v) is 5.17. The first-order valence-electron chi connectivity index (χ1n) is 7.96. The minimum Gasteiger partial charge on any atom is -0.444 e. The van der Waals surface area contributed by atoms with Gasteiger partial charge in [0.1, 0.15) is 5.60 Å². The van der Waals surface area contributed by atoms with Gasteiger partial charge in [-0.15, -0.1) is 0 Å². The molecule has 0 spiro atoms. The molecule has 4 nitrogen and oxygen atoms in total. The van der Waals surface area contributed by atoms with Gasteiger partial charge in [-0.1, -0.05) is 0 Å². The average Bonchev–Trinajstić information content (AvgIpc) is 2.24. The van der Waals surface area contributed by atoms with Gasteiger partial charge >= 0.3 is 6.09 Å². The Hall–Kier alpha value is -0.770. The van der Waals surface area contributed by atoms with E-state index in [9.17, 15) is 4.79 Å². The van der Waals surface area contributed by atoms with Crippen molar-refractivity contribution in [3.05, 3.63) is 0 Å². The molecule has 4 heteroatoms. The highest BCUT2D eigenvalue weighted by atomic mass is 16.6. The lowest BCUT2D eigenvalue weighted by atomic mass is 9.38. The first kappa shape index (κ1) is 14.2. The summed E-state index contributed by atoms with van der Waals surface area (Å²) in [6.07, 6.45) is 7.15. The van der Waals surface area contributed by atoms with E-state index in [2.05, 4.69) is 0 Å². The Bertz CT molecular complexity index is 385. The number of nitrogens with two attached hydrogens (primary N) is 1. The number of carbonyl (C=O) groups excluding carboxylic acids is 1. The Labute approximate surface area is 122 Å². The summed E-state index contributed by atoms with van der Waals surface area (Å²) < 4.78 is 5.44. The van der Waals surface area contributed by atoms with Crippen LogP contribution in [0.4, 0.5) is 4.79 Å². The molecule has 114 valence electrons. The first-order chi connectivity index (χ1) is 9.19. The summed E-state index contributed by atoms with van der Waals surface area (Å²) in [4.78, 5) is 13.9. The lowest BCUT2D eigenvalue weighted by Gasteiger charge is -2.70. The van der Waals surface area contributed by atoms with Gasteiger partial charge in [0.25, 0.3) is 0 Å². The SMILES string of the molecule is CC(C)(C)OC(=O)N1CCC(CC23CC(N)(C2)C3)CC1. The van der Waals surface area contributed by atoms with E-state index in [0.717, 1.165) is 31.8 Å². The molecular formula is C16H28N2O2. The zero-order valence-electron chi connectivity index (χ0n) is 13.1. The molecule has 3 saturated carbocycles. The molecule has 4 aliphatic rings. The molecule has 1 heterocycles. The van der Waals surface area contributed by atoms with Crippen molar-refractivity contribution in [1.29, 1.82) is 0 Å². The molecule has 4 rings (SSSR count). The van der Waals surface area contributed by atoms with Crippen LogP contribution in [-0.4, -0.2) is 35.2 Å². The summed E-state index contributed by atoms with van der Waals surface area (Å²) in [5.41, 5.74) is 6.55. The number of amides is 1. The molecule has 0 radical (unpaired) electrons. The van der Waals surface area contributed by atoms with Crippen LogP contribution in [0, 0.1) is 11.3 Å². The molecule has 1 amide bonds. The second-order valence-electron chi connectivity index (χ2n) is 8.51. The Balaban J connectivity index is 1.42. The second-order valence-corrected chi connectivity index (χ2v) is 8.51. The van der Waals surface area contributed by atoms with Crippen molar-refractivity contribution in [3.8, 4) is 0 Å². The van der Waals surface area contributed by atoms with Crippen molar-refractivity contribution in [2.45, 2.75) is 70.4 Å². The standard InChI is InChI=1S/C16H28N2O2/c1-14(2,3)20-13(19)18-6-4-12(5-7-18)8-15-9-16(17,10-15)11-15/h12H,4-11,17H2,1-3H3. The highest BCUT2D eigenvalue weighted by molar-refractivity contribution is 5.68. The predicted octanol–water partition coefficient (Wildman–Crippen LogP) is 2.91. The molecule has 1 aliphatic heterocycles. The molecule has 0 unspecified atom stereocenters. The van der Waals surface area contributed by atoms with Crippen LogP contribution in [0.3, 0.4) is 0 Å². The highest BCUT2D eigenvalue weighted by Crippen LogP contribution is 2.68. The van der Waals surface area contributed by atoms with Gasteiger partial charge in [-0.25, -0.2) is 4.79 Å². The predicted molar refractivity (Wildman–Crippen MR) is 78.4 cm³/mol. The lowest BCUT2D eigenvalue weighted by molar-refractivity contribution is -0.147. The topological polar surface area (TPSA) is 55.6 Å². The fourth-order valence-corrected chi connectivity index (χ4v) is 4.56. The smallest absolute Gasteiger partial charge is 0.410 e. The Morgan fingerprint density at radius 3 is 2.25 bits per heavy atom.